The van der Waals surface area contributed by atoms with E-state index in [-0.39, 0.29) is 11.7 Å². The van der Waals surface area contributed by atoms with Gasteiger partial charge in [0, 0.05) is 16.6 Å². The number of fused-ring (bicyclic) bond motifs is 1. The number of ether oxygens (including phenoxy) is 1. The molecule has 4 aromatic rings. The van der Waals surface area contributed by atoms with E-state index >= 15 is 0 Å². The molecule has 1 amide bonds. The third kappa shape index (κ3) is 4.63. The fourth-order valence-corrected chi connectivity index (χ4v) is 4.46. The van der Waals surface area contributed by atoms with Crippen LogP contribution in [0, 0.1) is 13.8 Å². The summed E-state index contributed by atoms with van der Waals surface area (Å²) in [5.41, 5.74) is 10.2. The van der Waals surface area contributed by atoms with E-state index in [0.717, 1.165) is 16.8 Å². The van der Waals surface area contributed by atoms with E-state index in [1.54, 1.807) is 26.2 Å². The third-order valence-corrected chi connectivity index (χ3v) is 6.41. The standard InChI is InChI=1S/C26H23N3O3S/c1-15-7-4-5-10-21(15)29-25(31)24-23(27)20-14-19(16(2)28-26(20)33-24)22(30)12-11-17-8-6-9-18(13-17)32-3/h4-14H,27H2,1-3H3,(H,29,31)/b12-11+. The van der Waals surface area contributed by atoms with Crippen molar-refractivity contribution in [1.29, 1.82) is 0 Å². The molecule has 0 aliphatic heterocycles. The van der Waals surface area contributed by atoms with E-state index < -0.39 is 0 Å². The number of nitrogen functional groups attached to an aromatic ring is 1. The first kappa shape index (κ1) is 22.2. The molecule has 0 aliphatic rings. The van der Waals surface area contributed by atoms with Crippen LogP contribution < -0.4 is 15.8 Å². The zero-order chi connectivity index (χ0) is 23.5. The van der Waals surface area contributed by atoms with Crippen molar-refractivity contribution in [3.8, 4) is 5.75 Å². The molecule has 0 bridgehead atoms. The van der Waals surface area contributed by atoms with Crippen LogP contribution in [0.5, 0.6) is 5.75 Å². The molecule has 7 heteroatoms. The summed E-state index contributed by atoms with van der Waals surface area (Å²) >= 11 is 1.21. The Hall–Kier alpha value is -3.97. The first-order valence-corrected chi connectivity index (χ1v) is 11.1. The molecular formula is C26H23N3O3S. The highest BCUT2D eigenvalue weighted by Crippen LogP contribution is 2.34. The number of amides is 1. The Bertz CT molecular complexity index is 1410. The van der Waals surface area contributed by atoms with Gasteiger partial charge in [-0.25, -0.2) is 4.98 Å². The van der Waals surface area contributed by atoms with Crippen molar-refractivity contribution in [2.45, 2.75) is 13.8 Å². The van der Waals surface area contributed by atoms with E-state index in [4.69, 9.17) is 10.5 Å². The van der Waals surface area contributed by atoms with Gasteiger partial charge < -0.3 is 15.8 Å². The van der Waals surface area contributed by atoms with Gasteiger partial charge in [-0.05, 0) is 55.3 Å². The van der Waals surface area contributed by atoms with Gasteiger partial charge in [0.05, 0.1) is 18.5 Å². The number of methoxy groups -OCH3 is 1. The normalized spacial score (nSPS) is 11.1. The Morgan fingerprint density at radius 2 is 1.88 bits per heavy atom. The van der Waals surface area contributed by atoms with E-state index in [2.05, 4.69) is 10.3 Å². The Balaban J connectivity index is 1.63. The van der Waals surface area contributed by atoms with Gasteiger partial charge in [-0.15, -0.1) is 11.3 Å². The third-order valence-electron chi connectivity index (χ3n) is 5.30. The second-order valence-corrected chi connectivity index (χ2v) is 8.56. The van der Waals surface area contributed by atoms with Crippen molar-refractivity contribution >= 4 is 50.7 Å². The molecule has 0 radical (unpaired) electrons. The molecule has 33 heavy (non-hydrogen) atoms. The van der Waals surface area contributed by atoms with Crippen LogP contribution in [0.25, 0.3) is 16.3 Å². The van der Waals surface area contributed by atoms with Crippen LogP contribution in [-0.4, -0.2) is 23.8 Å². The largest absolute Gasteiger partial charge is 0.497 e. The monoisotopic (exact) mass is 457 g/mol. The number of carbonyl (C=O) groups is 2. The number of nitrogens with two attached hydrogens (primary N) is 1. The van der Waals surface area contributed by atoms with Crippen LogP contribution in [0.15, 0.2) is 60.7 Å². The van der Waals surface area contributed by atoms with Crippen LogP contribution in [0.4, 0.5) is 11.4 Å². The van der Waals surface area contributed by atoms with Gasteiger partial charge >= 0.3 is 0 Å². The number of hydrogen-bond acceptors (Lipinski definition) is 6. The molecule has 4 rings (SSSR count). The lowest BCUT2D eigenvalue weighted by Gasteiger charge is -2.07. The van der Waals surface area contributed by atoms with E-state index in [1.807, 2.05) is 55.5 Å². The summed E-state index contributed by atoms with van der Waals surface area (Å²) in [6.45, 7) is 3.70. The van der Waals surface area contributed by atoms with Crippen LogP contribution in [0.1, 0.15) is 36.9 Å². The van der Waals surface area contributed by atoms with Crippen molar-refractivity contribution in [3.05, 3.63) is 87.9 Å². The highest BCUT2D eigenvalue weighted by Gasteiger charge is 2.20. The van der Waals surface area contributed by atoms with Crippen LogP contribution in [0.3, 0.4) is 0 Å². The van der Waals surface area contributed by atoms with Gasteiger partial charge in [-0.3, -0.25) is 9.59 Å². The van der Waals surface area contributed by atoms with Gasteiger partial charge in [-0.1, -0.05) is 36.4 Å². The molecular weight excluding hydrogens is 434 g/mol. The number of rotatable bonds is 6. The van der Waals surface area contributed by atoms with Crippen molar-refractivity contribution in [2.75, 3.05) is 18.2 Å². The van der Waals surface area contributed by atoms with Crippen LogP contribution in [-0.2, 0) is 0 Å². The van der Waals surface area contributed by atoms with Gasteiger partial charge in [0.15, 0.2) is 5.78 Å². The summed E-state index contributed by atoms with van der Waals surface area (Å²) in [5.74, 6) is 0.223. The van der Waals surface area contributed by atoms with Crippen molar-refractivity contribution in [2.24, 2.45) is 0 Å². The average molecular weight is 458 g/mol. The molecule has 2 heterocycles. The van der Waals surface area contributed by atoms with E-state index in [0.29, 0.717) is 37.8 Å². The SMILES string of the molecule is COc1cccc(/C=C/C(=O)c2cc3c(N)c(C(=O)Nc4ccccc4C)sc3nc2C)c1. The second kappa shape index (κ2) is 9.26. The number of aryl methyl sites for hydroxylation is 2. The number of anilines is 2. The quantitative estimate of drug-likeness (QED) is 0.288. The number of carbonyl (C=O) groups excluding carboxylic acids is 2. The topological polar surface area (TPSA) is 94.3 Å². The number of nitrogens with zero attached hydrogens (tertiary/aromatic N) is 1. The van der Waals surface area contributed by atoms with Gasteiger partial charge in [0.1, 0.15) is 15.5 Å². The molecule has 6 nitrogen and oxygen atoms in total. The maximum absolute atomic E-state index is 12.9. The first-order chi connectivity index (χ1) is 15.9. The van der Waals surface area contributed by atoms with Crippen molar-refractivity contribution in [1.82, 2.24) is 4.98 Å². The number of ketones is 1. The molecule has 0 saturated heterocycles. The Morgan fingerprint density at radius 3 is 2.64 bits per heavy atom. The second-order valence-electron chi connectivity index (χ2n) is 7.56. The van der Waals surface area contributed by atoms with E-state index in [1.165, 1.54) is 17.4 Å². The fourth-order valence-electron chi connectivity index (χ4n) is 3.45. The molecule has 0 saturated carbocycles. The first-order valence-electron chi connectivity index (χ1n) is 10.3. The number of aromatic nitrogens is 1. The van der Waals surface area contributed by atoms with Crippen LogP contribution >= 0.6 is 11.3 Å². The summed E-state index contributed by atoms with van der Waals surface area (Å²) in [6.07, 6.45) is 3.23. The van der Waals surface area contributed by atoms with Crippen molar-refractivity contribution in [3.63, 3.8) is 0 Å². The van der Waals surface area contributed by atoms with E-state index in [9.17, 15) is 9.59 Å². The molecule has 3 N–H and O–H groups in total. The Kier molecular flexibility index (Phi) is 6.24. The maximum atomic E-state index is 12.9. The molecule has 2 aromatic heterocycles. The lowest BCUT2D eigenvalue weighted by molar-refractivity contribution is 0.102. The summed E-state index contributed by atoms with van der Waals surface area (Å²) in [6, 6.07) is 16.7. The lowest BCUT2D eigenvalue weighted by Crippen LogP contribution is -2.12. The van der Waals surface area contributed by atoms with Gasteiger partial charge in [-0.2, -0.15) is 0 Å². The summed E-state index contributed by atoms with van der Waals surface area (Å²) in [5, 5.41) is 3.50. The Labute approximate surface area is 195 Å². The average Bonchev–Trinajstić information content (AvgIpc) is 3.13. The minimum absolute atomic E-state index is 0.193. The molecule has 0 atom stereocenters. The van der Waals surface area contributed by atoms with Crippen molar-refractivity contribution < 1.29 is 14.3 Å². The zero-order valence-corrected chi connectivity index (χ0v) is 19.3. The number of para-hydroxylation sites is 1. The fraction of sp³-hybridized carbons (Fsp3) is 0.115. The predicted molar refractivity (Wildman–Crippen MR) is 134 cm³/mol. The number of pyridine rings is 1. The molecule has 0 fully saturated rings. The summed E-state index contributed by atoms with van der Waals surface area (Å²) in [7, 11) is 1.60. The molecule has 2 aromatic carbocycles. The maximum Gasteiger partial charge on any atom is 0.267 e. The highest BCUT2D eigenvalue weighted by atomic mass is 32.1. The minimum atomic E-state index is -0.298. The van der Waals surface area contributed by atoms with Gasteiger partial charge in [0.25, 0.3) is 5.91 Å². The van der Waals surface area contributed by atoms with Crippen LogP contribution in [0.2, 0.25) is 0 Å². The summed E-state index contributed by atoms with van der Waals surface area (Å²) < 4.78 is 5.22. The number of hydrogen-bond donors (Lipinski definition) is 2. The highest BCUT2D eigenvalue weighted by molar-refractivity contribution is 7.21. The number of nitrogens with one attached hydrogen (secondary N) is 1. The molecule has 166 valence electrons. The number of benzene rings is 2. The zero-order valence-electron chi connectivity index (χ0n) is 18.5. The number of thiophene rings is 1. The molecule has 0 aliphatic carbocycles. The number of allylic oxidation sites excluding steroid dienone is 1. The smallest absolute Gasteiger partial charge is 0.267 e. The lowest BCUT2D eigenvalue weighted by atomic mass is 10.1. The summed E-state index contributed by atoms with van der Waals surface area (Å²) in [4.78, 5) is 31.3. The predicted octanol–water partition coefficient (Wildman–Crippen LogP) is 5.65. The van der Waals surface area contributed by atoms with Gasteiger partial charge in [0.2, 0.25) is 0 Å². The Morgan fingerprint density at radius 1 is 1.09 bits per heavy atom. The molecule has 0 spiro atoms. The minimum Gasteiger partial charge on any atom is -0.497 e. The molecule has 0 unspecified atom stereocenters.